The average Bonchev–Trinajstić information content (AvgIpc) is 3.20. The van der Waals surface area contributed by atoms with Crippen LogP contribution in [0.3, 0.4) is 0 Å². The van der Waals surface area contributed by atoms with Crippen LogP contribution in [0.25, 0.3) is 0 Å². The van der Waals surface area contributed by atoms with Gasteiger partial charge < -0.3 is 33.3 Å². The van der Waals surface area contributed by atoms with E-state index in [1.54, 1.807) is 0 Å². The zero-order chi connectivity index (χ0) is 39.1. The molecular formula is C47H77NO7. The van der Waals surface area contributed by atoms with Crippen LogP contribution in [0.15, 0.2) is 48.5 Å². The first-order valence-corrected chi connectivity index (χ1v) is 22.3. The molecule has 0 spiro atoms. The number of nitrogens with zero attached hydrogens (tertiary/aromatic N) is 1. The Morgan fingerprint density at radius 2 is 0.909 bits per heavy atom. The number of hydrogen-bond donors (Lipinski definition) is 0. The summed E-state index contributed by atoms with van der Waals surface area (Å²) in [5.74, 6) is 2.62. The van der Waals surface area contributed by atoms with Crippen LogP contribution in [0, 0.1) is 0 Å². The summed E-state index contributed by atoms with van der Waals surface area (Å²) in [5.41, 5.74) is -0.883. The van der Waals surface area contributed by atoms with E-state index < -0.39 is 5.60 Å². The predicted octanol–water partition coefficient (Wildman–Crippen LogP) is 11.8. The molecule has 1 aliphatic heterocycles. The Balaban J connectivity index is 1.74. The lowest BCUT2D eigenvalue weighted by Crippen LogP contribution is -2.48. The smallest absolute Gasteiger partial charge is 0.248 e. The summed E-state index contributed by atoms with van der Waals surface area (Å²) >= 11 is 0. The highest BCUT2D eigenvalue weighted by Gasteiger charge is 2.35. The minimum atomic E-state index is -0.883. The fraction of sp³-hybridized carbons (Fsp3) is 0.723. The topological polar surface area (TPSA) is 75.7 Å². The van der Waals surface area contributed by atoms with Gasteiger partial charge in [-0.2, -0.15) is 0 Å². The molecule has 1 aliphatic rings. The molecule has 0 bridgehead atoms. The number of carbonyl (C=O) groups excluding carboxylic acids is 1. The third-order valence-electron chi connectivity index (χ3n) is 10.6. The van der Waals surface area contributed by atoms with Gasteiger partial charge in [0.15, 0.2) is 23.0 Å². The average molecular weight is 768 g/mol. The number of benzene rings is 2. The van der Waals surface area contributed by atoms with Crippen molar-refractivity contribution in [3.8, 4) is 23.0 Å². The van der Waals surface area contributed by atoms with E-state index in [4.69, 9.17) is 28.4 Å². The summed E-state index contributed by atoms with van der Waals surface area (Å²) < 4.78 is 38.0. The minimum absolute atomic E-state index is 0.0167. The molecule has 3 rings (SSSR count). The van der Waals surface area contributed by atoms with Gasteiger partial charge in [0, 0.05) is 13.1 Å². The van der Waals surface area contributed by atoms with Gasteiger partial charge in [-0.3, -0.25) is 4.79 Å². The van der Waals surface area contributed by atoms with Gasteiger partial charge in [0.25, 0.3) is 0 Å². The molecule has 2 aromatic carbocycles. The quantitative estimate of drug-likeness (QED) is 0.0882. The number of ether oxygens (including phenoxy) is 6. The first kappa shape index (κ1) is 46.4. The molecule has 2 aromatic rings. The lowest BCUT2D eigenvalue weighted by atomic mass is 9.96. The van der Waals surface area contributed by atoms with Crippen molar-refractivity contribution in [2.75, 3.05) is 59.3 Å². The van der Waals surface area contributed by atoms with Crippen molar-refractivity contribution in [3.05, 3.63) is 48.5 Å². The first-order chi connectivity index (χ1) is 27.1. The van der Waals surface area contributed by atoms with Crippen LogP contribution >= 0.6 is 0 Å². The highest BCUT2D eigenvalue weighted by atomic mass is 16.6. The normalized spacial score (nSPS) is 14.7. The van der Waals surface area contributed by atoms with E-state index in [2.05, 4.69) is 20.8 Å². The van der Waals surface area contributed by atoms with Crippen LogP contribution in [0.5, 0.6) is 23.0 Å². The molecule has 0 atom stereocenters. The van der Waals surface area contributed by atoms with E-state index in [0.29, 0.717) is 55.8 Å². The maximum Gasteiger partial charge on any atom is 0.248 e. The molecule has 0 unspecified atom stereocenters. The van der Waals surface area contributed by atoms with E-state index in [9.17, 15) is 4.79 Å². The molecular weight excluding hydrogens is 691 g/mol. The number of hydrogen-bond acceptors (Lipinski definition) is 7. The number of fused-ring (bicyclic) bond motifs is 2. The van der Waals surface area contributed by atoms with Gasteiger partial charge in [-0.1, -0.05) is 161 Å². The summed E-state index contributed by atoms with van der Waals surface area (Å²) in [6, 6.07) is 15.5. The molecule has 8 heteroatoms. The highest BCUT2D eigenvalue weighted by molar-refractivity contribution is 5.77. The Bertz CT molecular complexity index is 1170. The molecule has 0 saturated carbocycles. The summed E-state index contributed by atoms with van der Waals surface area (Å²) in [7, 11) is 0. The maximum absolute atomic E-state index is 13.9. The van der Waals surface area contributed by atoms with Crippen molar-refractivity contribution in [1.82, 2.24) is 4.90 Å². The molecule has 0 fully saturated rings. The SMILES string of the molecule is CCCCCCCCCCCCCCCCC1(OCC(=O)N(CCCCC)CCCCC)COc2ccccc2OCCOCCOc2ccccc2OC1. The number of para-hydroxylation sites is 4. The van der Waals surface area contributed by atoms with Crippen LogP contribution in [-0.2, 0) is 14.3 Å². The second kappa shape index (κ2) is 30.2. The number of amides is 1. The highest BCUT2D eigenvalue weighted by Crippen LogP contribution is 2.32. The standard InChI is InChI=1S/C47H77NO7/c1-4-7-10-11-12-13-14-15-16-17-18-19-20-25-32-47(55-39-46(49)48(33-26-8-5-2)34-27-9-6-3)40-53-44-30-23-21-28-42(44)51-37-35-50-36-38-52-43-29-22-24-31-45(43)54-41-47/h21-24,28-31H,4-20,25-27,32-41H2,1-3H3. The number of carbonyl (C=O) groups is 1. The fourth-order valence-electron chi connectivity index (χ4n) is 7.07. The third-order valence-corrected chi connectivity index (χ3v) is 10.6. The van der Waals surface area contributed by atoms with Crippen LogP contribution in [0.2, 0.25) is 0 Å². The molecule has 0 aliphatic carbocycles. The Morgan fingerprint density at radius 3 is 1.35 bits per heavy atom. The number of rotatable bonds is 26. The molecule has 1 amide bonds. The summed E-state index contributed by atoms with van der Waals surface area (Å²) in [6.45, 7) is 10.2. The van der Waals surface area contributed by atoms with Gasteiger partial charge in [0.2, 0.25) is 5.91 Å². The van der Waals surface area contributed by atoms with E-state index in [1.165, 1.54) is 77.0 Å². The first-order valence-electron chi connectivity index (χ1n) is 22.3. The van der Waals surface area contributed by atoms with Crippen LogP contribution in [0.4, 0.5) is 0 Å². The molecule has 55 heavy (non-hydrogen) atoms. The molecule has 0 aromatic heterocycles. The molecule has 0 radical (unpaired) electrons. The van der Waals surface area contributed by atoms with Crippen molar-refractivity contribution in [1.29, 1.82) is 0 Å². The van der Waals surface area contributed by atoms with Crippen molar-refractivity contribution in [2.24, 2.45) is 0 Å². The van der Waals surface area contributed by atoms with Gasteiger partial charge in [0.05, 0.1) is 13.2 Å². The Labute approximate surface area is 335 Å². The van der Waals surface area contributed by atoms with Gasteiger partial charge in [0.1, 0.15) is 38.6 Å². The largest absolute Gasteiger partial charge is 0.487 e. The Kier molecular flexibility index (Phi) is 25.5. The Hall–Kier alpha value is -2.97. The summed E-state index contributed by atoms with van der Waals surface area (Å²) in [5, 5.41) is 0. The number of unbranched alkanes of at least 4 members (excludes halogenated alkanes) is 17. The zero-order valence-corrected chi connectivity index (χ0v) is 35.1. The van der Waals surface area contributed by atoms with E-state index in [-0.39, 0.29) is 25.7 Å². The van der Waals surface area contributed by atoms with Crippen LogP contribution < -0.4 is 18.9 Å². The zero-order valence-electron chi connectivity index (χ0n) is 35.1. The lowest BCUT2D eigenvalue weighted by molar-refractivity contribution is -0.151. The molecule has 0 N–H and O–H groups in total. The third kappa shape index (κ3) is 20.1. The second-order valence-corrected chi connectivity index (χ2v) is 15.4. The van der Waals surface area contributed by atoms with Crippen LogP contribution in [-0.4, -0.2) is 75.7 Å². The van der Waals surface area contributed by atoms with Crippen molar-refractivity contribution >= 4 is 5.91 Å². The molecule has 1 heterocycles. The van der Waals surface area contributed by atoms with Crippen LogP contribution in [0.1, 0.15) is 156 Å². The predicted molar refractivity (Wildman–Crippen MR) is 225 cm³/mol. The van der Waals surface area contributed by atoms with E-state index >= 15 is 0 Å². The lowest BCUT2D eigenvalue weighted by Gasteiger charge is -2.35. The molecule has 312 valence electrons. The van der Waals surface area contributed by atoms with Crippen molar-refractivity contribution in [3.63, 3.8) is 0 Å². The Morgan fingerprint density at radius 1 is 0.527 bits per heavy atom. The van der Waals surface area contributed by atoms with Gasteiger partial charge >= 0.3 is 0 Å². The van der Waals surface area contributed by atoms with Crippen molar-refractivity contribution < 1.29 is 33.2 Å². The molecule has 0 saturated heterocycles. The molecule has 8 nitrogen and oxygen atoms in total. The van der Waals surface area contributed by atoms with Gasteiger partial charge in [-0.25, -0.2) is 0 Å². The second-order valence-electron chi connectivity index (χ2n) is 15.4. The van der Waals surface area contributed by atoms with E-state index in [1.807, 2.05) is 53.4 Å². The minimum Gasteiger partial charge on any atom is -0.487 e. The summed E-state index contributed by atoms with van der Waals surface area (Å²) in [6.07, 6.45) is 25.2. The maximum atomic E-state index is 13.9. The summed E-state index contributed by atoms with van der Waals surface area (Å²) in [4.78, 5) is 15.9. The fourth-order valence-corrected chi connectivity index (χ4v) is 7.07. The van der Waals surface area contributed by atoms with E-state index in [0.717, 1.165) is 64.5 Å². The monoisotopic (exact) mass is 768 g/mol. The van der Waals surface area contributed by atoms with Gasteiger partial charge in [-0.05, 0) is 43.5 Å². The van der Waals surface area contributed by atoms with Gasteiger partial charge in [-0.15, -0.1) is 0 Å². The van der Waals surface area contributed by atoms with Crippen molar-refractivity contribution in [2.45, 2.75) is 161 Å².